The number of benzene rings is 1. The summed E-state index contributed by atoms with van der Waals surface area (Å²) in [5, 5.41) is 13.9. The van der Waals surface area contributed by atoms with Crippen molar-refractivity contribution in [1.82, 2.24) is 5.32 Å². The molecule has 6 heteroatoms. The van der Waals surface area contributed by atoms with Crippen LogP contribution in [-0.2, 0) is 0 Å². The van der Waals surface area contributed by atoms with E-state index < -0.39 is 5.97 Å². The van der Waals surface area contributed by atoms with Gasteiger partial charge in [-0.25, -0.2) is 9.59 Å². The molecule has 0 fully saturated rings. The number of nitrogens with two attached hydrogens (primary N) is 1. The lowest BCUT2D eigenvalue weighted by Crippen LogP contribution is -2.29. The number of amides is 2. The smallest absolute Gasteiger partial charge is 0.335 e. The van der Waals surface area contributed by atoms with Crippen molar-refractivity contribution in [2.45, 2.75) is 13.3 Å². The van der Waals surface area contributed by atoms with Gasteiger partial charge in [-0.3, -0.25) is 0 Å². The minimum absolute atomic E-state index is 0.0852. The summed E-state index contributed by atoms with van der Waals surface area (Å²) >= 11 is 0. The summed E-state index contributed by atoms with van der Waals surface area (Å²) in [5.41, 5.74) is 6.33. The monoisotopic (exact) mass is 237 g/mol. The van der Waals surface area contributed by atoms with E-state index >= 15 is 0 Å². The molecule has 0 bridgehead atoms. The van der Waals surface area contributed by atoms with Crippen molar-refractivity contribution in [2.24, 2.45) is 0 Å². The lowest BCUT2D eigenvalue weighted by molar-refractivity contribution is 0.0697. The van der Waals surface area contributed by atoms with Gasteiger partial charge in [0.05, 0.1) is 16.9 Å². The number of nitrogen functional groups attached to an aromatic ring is 1. The highest BCUT2D eigenvalue weighted by molar-refractivity contribution is 5.95. The molecule has 2 amide bonds. The highest BCUT2D eigenvalue weighted by atomic mass is 16.4. The van der Waals surface area contributed by atoms with Crippen molar-refractivity contribution in [3.8, 4) is 0 Å². The first-order chi connectivity index (χ1) is 8.04. The SMILES string of the molecule is CCCNC(=O)Nc1ccc(C(=O)O)cc1N. The Hall–Kier alpha value is -2.24. The average Bonchev–Trinajstić information content (AvgIpc) is 2.28. The quantitative estimate of drug-likeness (QED) is 0.595. The number of rotatable bonds is 4. The van der Waals surface area contributed by atoms with E-state index in [9.17, 15) is 9.59 Å². The van der Waals surface area contributed by atoms with Gasteiger partial charge in [0.15, 0.2) is 0 Å². The molecule has 1 aromatic rings. The van der Waals surface area contributed by atoms with E-state index in [-0.39, 0.29) is 17.3 Å². The number of hydrogen-bond donors (Lipinski definition) is 4. The first-order valence-electron chi connectivity index (χ1n) is 5.22. The van der Waals surface area contributed by atoms with Crippen molar-refractivity contribution in [3.05, 3.63) is 23.8 Å². The summed E-state index contributed by atoms with van der Waals surface area (Å²) in [6, 6.07) is 3.79. The van der Waals surface area contributed by atoms with Crippen LogP contribution in [0.3, 0.4) is 0 Å². The van der Waals surface area contributed by atoms with Crippen LogP contribution in [0.4, 0.5) is 16.2 Å². The maximum Gasteiger partial charge on any atom is 0.335 e. The fourth-order valence-electron chi connectivity index (χ4n) is 1.21. The van der Waals surface area contributed by atoms with Gasteiger partial charge < -0.3 is 21.5 Å². The van der Waals surface area contributed by atoms with Crippen molar-refractivity contribution in [1.29, 1.82) is 0 Å². The van der Waals surface area contributed by atoms with E-state index in [2.05, 4.69) is 10.6 Å². The average molecular weight is 237 g/mol. The zero-order valence-electron chi connectivity index (χ0n) is 9.49. The van der Waals surface area contributed by atoms with Gasteiger partial charge in [-0.05, 0) is 24.6 Å². The molecule has 0 aliphatic rings. The Morgan fingerprint density at radius 1 is 1.41 bits per heavy atom. The molecule has 17 heavy (non-hydrogen) atoms. The van der Waals surface area contributed by atoms with E-state index in [1.807, 2.05) is 6.92 Å². The van der Waals surface area contributed by atoms with E-state index in [0.717, 1.165) is 6.42 Å². The standard InChI is InChI=1S/C11H15N3O3/c1-2-5-13-11(17)14-9-4-3-7(10(15)16)6-8(9)12/h3-4,6H,2,5,12H2,1H3,(H,15,16)(H2,13,14,17). The predicted octanol–water partition coefficient (Wildman–Crippen LogP) is 1.50. The van der Waals surface area contributed by atoms with Crippen LogP contribution in [0.5, 0.6) is 0 Å². The highest BCUT2D eigenvalue weighted by Gasteiger charge is 2.08. The Morgan fingerprint density at radius 2 is 2.12 bits per heavy atom. The van der Waals surface area contributed by atoms with Crippen LogP contribution in [0.25, 0.3) is 0 Å². The minimum Gasteiger partial charge on any atom is -0.478 e. The number of carbonyl (C=O) groups excluding carboxylic acids is 1. The Labute approximate surface area is 98.8 Å². The molecular weight excluding hydrogens is 222 g/mol. The Balaban J connectivity index is 2.72. The van der Waals surface area contributed by atoms with Gasteiger partial charge in [0.2, 0.25) is 0 Å². The van der Waals surface area contributed by atoms with Crippen molar-refractivity contribution < 1.29 is 14.7 Å². The third-order valence-electron chi connectivity index (χ3n) is 2.08. The van der Waals surface area contributed by atoms with Crippen molar-refractivity contribution in [3.63, 3.8) is 0 Å². The molecule has 0 aliphatic heterocycles. The number of hydrogen-bond acceptors (Lipinski definition) is 3. The third kappa shape index (κ3) is 3.67. The fourth-order valence-corrected chi connectivity index (χ4v) is 1.21. The lowest BCUT2D eigenvalue weighted by Gasteiger charge is -2.09. The maximum absolute atomic E-state index is 11.3. The van der Waals surface area contributed by atoms with Gasteiger partial charge in [0.1, 0.15) is 0 Å². The zero-order valence-corrected chi connectivity index (χ0v) is 9.49. The van der Waals surface area contributed by atoms with Crippen LogP contribution >= 0.6 is 0 Å². The molecule has 0 saturated heterocycles. The van der Waals surface area contributed by atoms with Crippen LogP contribution in [0.2, 0.25) is 0 Å². The molecule has 6 nitrogen and oxygen atoms in total. The zero-order chi connectivity index (χ0) is 12.8. The Kier molecular flexibility index (Phi) is 4.33. The molecule has 1 aromatic carbocycles. The summed E-state index contributed by atoms with van der Waals surface area (Å²) in [7, 11) is 0. The van der Waals surface area contributed by atoms with E-state index in [1.165, 1.54) is 18.2 Å². The van der Waals surface area contributed by atoms with Gasteiger partial charge in [-0.2, -0.15) is 0 Å². The second-order valence-corrected chi connectivity index (χ2v) is 3.49. The van der Waals surface area contributed by atoms with Crippen molar-refractivity contribution in [2.75, 3.05) is 17.6 Å². The normalized spacial score (nSPS) is 9.71. The van der Waals surface area contributed by atoms with Gasteiger partial charge in [-0.15, -0.1) is 0 Å². The van der Waals surface area contributed by atoms with Gasteiger partial charge in [0.25, 0.3) is 0 Å². The lowest BCUT2D eigenvalue weighted by atomic mass is 10.2. The van der Waals surface area contributed by atoms with Gasteiger partial charge in [-0.1, -0.05) is 6.92 Å². The number of carboxylic acid groups (broad SMARTS) is 1. The molecule has 0 unspecified atom stereocenters. The summed E-state index contributed by atoms with van der Waals surface area (Å²) in [5.74, 6) is -1.06. The molecule has 0 heterocycles. The first-order valence-corrected chi connectivity index (χ1v) is 5.22. The second kappa shape index (κ2) is 5.74. The van der Waals surface area contributed by atoms with Crippen LogP contribution < -0.4 is 16.4 Å². The van der Waals surface area contributed by atoms with Gasteiger partial charge >= 0.3 is 12.0 Å². The van der Waals surface area contributed by atoms with Crippen LogP contribution in [0.1, 0.15) is 23.7 Å². The molecule has 0 radical (unpaired) electrons. The Bertz CT molecular complexity index is 432. The second-order valence-electron chi connectivity index (χ2n) is 3.49. The molecule has 0 aromatic heterocycles. The highest BCUT2D eigenvalue weighted by Crippen LogP contribution is 2.19. The topological polar surface area (TPSA) is 104 Å². The summed E-state index contributed by atoms with van der Waals surface area (Å²) in [4.78, 5) is 22.0. The molecule has 0 spiro atoms. The molecule has 5 N–H and O–H groups in total. The van der Waals surface area contributed by atoms with Crippen molar-refractivity contribution >= 4 is 23.4 Å². The molecule has 0 saturated carbocycles. The van der Waals surface area contributed by atoms with Crippen LogP contribution in [0, 0.1) is 0 Å². The number of carboxylic acids is 1. The summed E-state index contributed by atoms with van der Waals surface area (Å²) in [6.07, 6.45) is 0.834. The first kappa shape index (κ1) is 12.8. The number of aromatic carboxylic acids is 1. The van der Waals surface area contributed by atoms with E-state index in [1.54, 1.807) is 0 Å². The van der Waals surface area contributed by atoms with Gasteiger partial charge in [0, 0.05) is 6.54 Å². The molecular formula is C11H15N3O3. The number of carbonyl (C=O) groups is 2. The third-order valence-corrected chi connectivity index (χ3v) is 2.08. The molecule has 0 aliphatic carbocycles. The maximum atomic E-state index is 11.3. The molecule has 1 rings (SSSR count). The number of urea groups is 1. The van der Waals surface area contributed by atoms with Crippen LogP contribution in [0.15, 0.2) is 18.2 Å². The summed E-state index contributed by atoms with van der Waals surface area (Å²) < 4.78 is 0. The molecule has 0 atom stereocenters. The van der Waals surface area contributed by atoms with E-state index in [0.29, 0.717) is 12.2 Å². The summed E-state index contributed by atoms with van der Waals surface area (Å²) in [6.45, 7) is 2.51. The molecule has 92 valence electrons. The minimum atomic E-state index is -1.06. The van der Waals surface area contributed by atoms with Crippen LogP contribution in [-0.4, -0.2) is 23.7 Å². The number of anilines is 2. The van der Waals surface area contributed by atoms with E-state index in [4.69, 9.17) is 10.8 Å². The Morgan fingerprint density at radius 3 is 2.65 bits per heavy atom. The number of nitrogens with one attached hydrogen (secondary N) is 2. The fraction of sp³-hybridized carbons (Fsp3) is 0.273. The largest absolute Gasteiger partial charge is 0.478 e. The predicted molar refractivity (Wildman–Crippen MR) is 65.1 cm³/mol.